The number of rotatable bonds is 6. The zero-order chi connectivity index (χ0) is 36.8. The lowest BCUT2D eigenvalue weighted by atomic mass is 9.97. The molecule has 0 amide bonds. The summed E-state index contributed by atoms with van der Waals surface area (Å²) in [4.78, 5) is 9.81. The van der Waals surface area contributed by atoms with Gasteiger partial charge >= 0.3 is 0 Å². The molecule has 0 aromatic carbocycles. The van der Waals surface area contributed by atoms with Crippen molar-refractivity contribution < 1.29 is 5.11 Å². The Morgan fingerprint density at radius 3 is 1.57 bits per heavy atom. The van der Waals surface area contributed by atoms with E-state index in [0.717, 1.165) is 75.3 Å². The molecule has 2 aliphatic rings. The Labute approximate surface area is 311 Å². The highest BCUT2D eigenvalue weighted by Gasteiger charge is 2.28. The molecule has 15 nitrogen and oxygen atoms in total. The molecule has 0 spiro atoms. The lowest BCUT2D eigenvalue weighted by molar-refractivity contribution is 0.130. The fourth-order valence-electron chi connectivity index (χ4n) is 8.04. The maximum atomic E-state index is 10.2. The number of hydrogen-bond donors (Lipinski definition) is 1. The Bertz CT molecular complexity index is 2530. The molecule has 2 saturated carbocycles. The first-order valence-electron chi connectivity index (χ1n) is 18.8. The number of aryl methyl sites for hydroxylation is 2. The normalized spacial score (nSPS) is 20.4. The summed E-state index contributed by atoms with van der Waals surface area (Å²) in [6, 6.07) is 4.46. The minimum Gasteiger partial charge on any atom is -0.391 e. The monoisotopic (exact) mass is 724 g/mol. The second-order valence-electron chi connectivity index (χ2n) is 14.7. The molecule has 0 saturated heterocycles. The largest absolute Gasteiger partial charge is 0.391 e. The van der Waals surface area contributed by atoms with Gasteiger partial charge in [-0.3, -0.25) is 18.7 Å². The SMILES string of the molecule is CC1CCCCCC1n1cc(-c2nc(-c3cnn(C)c3)cn3nccc23)cn1.Cn1cc(-c2cn3nccc3c(-c3cnn(C4CCCC4O)c3)n2)cn1. The Morgan fingerprint density at radius 1 is 0.537 bits per heavy atom. The van der Waals surface area contributed by atoms with Crippen LogP contribution in [0.2, 0.25) is 0 Å². The van der Waals surface area contributed by atoms with E-state index < -0.39 is 0 Å². The molecule has 276 valence electrons. The van der Waals surface area contributed by atoms with E-state index in [4.69, 9.17) is 15.1 Å². The topological polar surface area (TPSA) is 152 Å². The van der Waals surface area contributed by atoms with Crippen LogP contribution in [0.4, 0.5) is 0 Å². The summed E-state index contributed by atoms with van der Waals surface area (Å²) in [5, 5.41) is 36.7. The van der Waals surface area contributed by atoms with Gasteiger partial charge in [-0.25, -0.2) is 19.0 Å². The van der Waals surface area contributed by atoms with Crippen LogP contribution in [0.25, 0.3) is 56.1 Å². The molecule has 2 fully saturated rings. The third-order valence-electron chi connectivity index (χ3n) is 11.0. The van der Waals surface area contributed by atoms with Crippen LogP contribution in [-0.4, -0.2) is 79.5 Å². The van der Waals surface area contributed by atoms with E-state index in [1.54, 1.807) is 21.8 Å². The number of aliphatic hydroxyl groups excluding tert-OH is 1. The van der Waals surface area contributed by atoms with Crippen LogP contribution in [0.3, 0.4) is 0 Å². The van der Waals surface area contributed by atoms with Gasteiger partial charge in [0.05, 0.1) is 102 Å². The van der Waals surface area contributed by atoms with Gasteiger partial charge in [0, 0.05) is 61.1 Å². The zero-order valence-corrected chi connectivity index (χ0v) is 30.8. The third kappa shape index (κ3) is 6.48. The Hall–Kier alpha value is -5.96. The molecule has 8 aromatic heterocycles. The summed E-state index contributed by atoms with van der Waals surface area (Å²) in [5.41, 5.74) is 9.16. The van der Waals surface area contributed by atoms with Crippen LogP contribution in [0.15, 0.2) is 86.5 Å². The van der Waals surface area contributed by atoms with E-state index in [0.29, 0.717) is 12.0 Å². The quantitative estimate of drug-likeness (QED) is 0.197. The van der Waals surface area contributed by atoms with E-state index in [-0.39, 0.29) is 12.1 Å². The van der Waals surface area contributed by atoms with Crippen molar-refractivity contribution in [2.24, 2.45) is 20.0 Å². The van der Waals surface area contributed by atoms with Crippen LogP contribution in [0.5, 0.6) is 0 Å². The average Bonchev–Trinajstić information content (AvgIpc) is 4.01. The standard InChI is InChI=1S/C21H25N7.C18H19N7O/c1-15-6-4-3-5-7-19(15)27-13-17(11-24-27)21-20-8-9-22-28(20)14-18(25-21)16-10-23-26(2)12-16;1-23-9-12(7-20-23)14-11-25-16(5-6-19-25)18(22-14)13-8-21-24(10-13)15-3-2-4-17(15)26/h8-15,19H,3-7H2,1-2H3;5-11,15,17,26H,2-4H2,1H3. The molecule has 10 rings (SSSR count). The minimum atomic E-state index is -0.326. The van der Waals surface area contributed by atoms with Crippen molar-refractivity contribution in [1.82, 2.24) is 68.3 Å². The number of hydrogen-bond acceptors (Lipinski definition) is 9. The molecule has 2 aliphatic carbocycles. The van der Waals surface area contributed by atoms with Crippen LogP contribution in [0, 0.1) is 5.92 Å². The first-order valence-corrected chi connectivity index (χ1v) is 18.8. The summed E-state index contributed by atoms with van der Waals surface area (Å²) >= 11 is 0. The van der Waals surface area contributed by atoms with E-state index in [2.05, 4.69) is 43.3 Å². The minimum absolute atomic E-state index is 0.0474. The van der Waals surface area contributed by atoms with Crippen LogP contribution in [-0.2, 0) is 14.1 Å². The van der Waals surface area contributed by atoms with Crippen molar-refractivity contribution >= 4 is 11.0 Å². The molecule has 1 N–H and O–H groups in total. The molecule has 0 radical (unpaired) electrons. The Kier molecular flexibility index (Phi) is 8.85. The molecule has 4 unspecified atom stereocenters. The van der Waals surface area contributed by atoms with E-state index in [1.165, 1.54) is 32.1 Å². The van der Waals surface area contributed by atoms with E-state index in [1.807, 2.05) is 95.7 Å². The third-order valence-corrected chi connectivity index (χ3v) is 11.0. The van der Waals surface area contributed by atoms with Gasteiger partial charge in [0.1, 0.15) is 0 Å². The van der Waals surface area contributed by atoms with Gasteiger partial charge in [-0.1, -0.05) is 26.2 Å². The number of aromatic nitrogens is 14. The van der Waals surface area contributed by atoms with Crippen molar-refractivity contribution in [2.75, 3.05) is 0 Å². The Balaban J connectivity index is 0.000000143. The fourth-order valence-corrected chi connectivity index (χ4v) is 8.04. The van der Waals surface area contributed by atoms with Crippen molar-refractivity contribution in [2.45, 2.75) is 76.5 Å². The predicted octanol–water partition coefficient (Wildman–Crippen LogP) is 6.21. The van der Waals surface area contributed by atoms with Gasteiger partial charge < -0.3 is 5.11 Å². The number of aliphatic hydroxyl groups is 1. The van der Waals surface area contributed by atoms with Gasteiger partial charge in [0.2, 0.25) is 0 Å². The van der Waals surface area contributed by atoms with Crippen LogP contribution < -0.4 is 0 Å². The summed E-state index contributed by atoms with van der Waals surface area (Å²) in [6.45, 7) is 2.35. The van der Waals surface area contributed by atoms with Crippen molar-refractivity contribution in [1.29, 1.82) is 0 Å². The number of nitrogens with zero attached hydrogens (tertiary/aromatic N) is 14. The van der Waals surface area contributed by atoms with Crippen LogP contribution in [0.1, 0.15) is 70.4 Å². The Morgan fingerprint density at radius 2 is 1.06 bits per heavy atom. The molecular weight excluding hydrogens is 681 g/mol. The van der Waals surface area contributed by atoms with Gasteiger partial charge in [-0.15, -0.1) is 0 Å². The first kappa shape index (κ1) is 33.8. The van der Waals surface area contributed by atoms with Gasteiger partial charge in [-0.05, 0) is 50.2 Å². The maximum Gasteiger partial charge on any atom is 0.0999 e. The summed E-state index contributed by atoms with van der Waals surface area (Å²) in [6.07, 6.45) is 31.8. The van der Waals surface area contributed by atoms with Gasteiger partial charge in [0.15, 0.2) is 0 Å². The second-order valence-corrected chi connectivity index (χ2v) is 14.7. The molecular formula is C39H44N14O. The van der Waals surface area contributed by atoms with Gasteiger partial charge in [-0.2, -0.15) is 30.6 Å². The number of fused-ring (bicyclic) bond motifs is 2. The second kappa shape index (κ2) is 14.1. The highest BCUT2D eigenvalue weighted by Crippen LogP contribution is 2.35. The van der Waals surface area contributed by atoms with E-state index >= 15 is 0 Å². The predicted molar refractivity (Wildman–Crippen MR) is 203 cm³/mol. The molecule has 4 atom stereocenters. The lowest BCUT2D eigenvalue weighted by Gasteiger charge is -2.21. The molecule has 0 aliphatic heterocycles. The van der Waals surface area contributed by atoms with Crippen molar-refractivity contribution in [3.8, 4) is 45.0 Å². The fraction of sp³-hybridized carbons (Fsp3) is 0.385. The van der Waals surface area contributed by atoms with Crippen LogP contribution >= 0.6 is 0 Å². The smallest absolute Gasteiger partial charge is 0.0999 e. The molecule has 8 aromatic rings. The van der Waals surface area contributed by atoms with Crippen molar-refractivity contribution in [3.63, 3.8) is 0 Å². The molecule has 0 bridgehead atoms. The average molecular weight is 725 g/mol. The molecule has 54 heavy (non-hydrogen) atoms. The highest BCUT2D eigenvalue weighted by atomic mass is 16.3. The highest BCUT2D eigenvalue weighted by molar-refractivity contribution is 5.79. The molecule has 15 heteroatoms. The van der Waals surface area contributed by atoms with Crippen molar-refractivity contribution in [3.05, 3.63) is 86.5 Å². The lowest BCUT2D eigenvalue weighted by Crippen LogP contribution is -2.18. The van der Waals surface area contributed by atoms with E-state index in [9.17, 15) is 5.11 Å². The maximum absolute atomic E-state index is 10.2. The molecule has 8 heterocycles. The first-order chi connectivity index (χ1) is 26.4. The summed E-state index contributed by atoms with van der Waals surface area (Å²) in [5.74, 6) is 0.653. The summed E-state index contributed by atoms with van der Waals surface area (Å²) < 4.78 is 11.3. The zero-order valence-electron chi connectivity index (χ0n) is 30.8. The van der Waals surface area contributed by atoms with Gasteiger partial charge in [0.25, 0.3) is 0 Å². The summed E-state index contributed by atoms with van der Waals surface area (Å²) in [7, 11) is 3.79.